The molecule has 0 aliphatic rings. The van der Waals surface area contributed by atoms with Crippen LogP contribution in [-0.2, 0) is 4.79 Å². The van der Waals surface area contributed by atoms with Crippen LogP contribution < -0.4 is 0 Å². The summed E-state index contributed by atoms with van der Waals surface area (Å²) in [7, 11) is 0. The zero-order valence-electron chi connectivity index (χ0n) is 18.0. The van der Waals surface area contributed by atoms with Crippen molar-refractivity contribution in [3.63, 3.8) is 0 Å². The Morgan fingerprint density at radius 2 is 1.08 bits per heavy atom. The highest BCUT2D eigenvalue weighted by Crippen LogP contribution is 2.16. The van der Waals surface area contributed by atoms with Crippen molar-refractivity contribution in [2.24, 2.45) is 5.92 Å². The Labute approximate surface area is 163 Å². The van der Waals surface area contributed by atoms with Gasteiger partial charge in [0.15, 0.2) is 0 Å². The first-order valence-corrected chi connectivity index (χ1v) is 11.5. The van der Waals surface area contributed by atoms with Gasteiger partial charge in [0.2, 0.25) is 0 Å². The molecule has 1 N–H and O–H groups in total. The molecule has 0 aromatic carbocycles. The van der Waals surface area contributed by atoms with Gasteiger partial charge in [-0.1, -0.05) is 123 Å². The maximum absolute atomic E-state index is 10.8. The molecule has 0 fully saturated rings. The number of hydrogen-bond acceptors (Lipinski definition) is 1. The molecular weight excluding hydrogens is 320 g/mol. The van der Waals surface area contributed by atoms with Gasteiger partial charge < -0.3 is 5.11 Å². The molecule has 0 rings (SSSR count). The lowest BCUT2D eigenvalue weighted by atomic mass is 9.99. The summed E-state index contributed by atoms with van der Waals surface area (Å²) in [4.78, 5) is 10.8. The fraction of sp³-hybridized carbons (Fsp3) is 0.875. The van der Waals surface area contributed by atoms with E-state index in [9.17, 15) is 4.79 Å². The SMILES string of the molecule is CCCCCCCCCCCCCCCCCC[C@@H](C)/C=C(\C)C(=O)O. The van der Waals surface area contributed by atoms with Gasteiger partial charge in [0, 0.05) is 5.57 Å². The minimum atomic E-state index is -0.788. The summed E-state index contributed by atoms with van der Waals surface area (Å²) in [6, 6.07) is 0. The van der Waals surface area contributed by atoms with E-state index >= 15 is 0 Å². The Hall–Kier alpha value is -0.790. The molecule has 154 valence electrons. The molecule has 2 heteroatoms. The number of carboxylic acid groups (broad SMARTS) is 1. The van der Waals surface area contributed by atoms with Crippen LogP contribution in [0.4, 0.5) is 0 Å². The Morgan fingerprint density at radius 1 is 0.731 bits per heavy atom. The van der Waals surface area contributed by atoms with Crippen molar-refractivity contribution in [2.75, 3.05) is 0 Å². The third kappa shape index (κ3) is 18.0. The number of aliphatic carboxylic acids is 1. The number of carbonyl (C=O) groups is 1. The molecule has 0 unspecified atom stereocenters. The molecule has 0 bridgehead atoms. The molecule has 0 radical (unpaired) electrons. The molecule has 0 aromatic heterocycles. The lowest BCUT2D eigenvalue weighted by Crippen LogP contribution is -1.99. The normalized spacial score (nSPS) is 13.1. The van der Waals surface area contributed by atoms with E-state index < -0.39 is 5.97 Å². The van der Waals surface area contributed by atoms with Gasteiger partial charge in [0.25, 0.3) is 0 Å². The summed E-state index contributed by atoms with van der Waals surface area (Å²) in [5.41, 5.74) is 0.481. The predicted molar refractivity (Wildman–Crippen MR) is 115 cm³/mol. The van der Waals surface area contributed by atoms with Crippen LogP contribution in [0.5, 0.6) is 0 Å². The maximum atomic E-state index is 10.8. The van der Waals surface area contributed by atoms with Crippen molar-refractivity contribution in [3.05, 3.63) is 11.6 Å². The number of allylic oxidation sites excluding steroid dienone is 1. The molecule has 0 aromatic rings. The van der Waals surface area contributed by atoms with Crippen molar-refractivity contribution >= 4 is 5.97 Å². The first kappa shape index (κ1) is 25.2. The Bertz CT molecular complexity index is 346. The van der Waals surface area contributed by atoms with Crippen LogP contribution in [-0.4, -0.2) is 11.1 Å². The number of hydrogen-bond donors (Lipinski definition) is 1. The fourth-order valence-corrected chi connectivity index (χ4v) is 3.60. The molecule has 0 amide bonds. The van der Waals surface area contributed by atoms with Gasteiger partial charge in [0.05, 0.1) is 0 Å². The van der Waals surface area contributed by atoms with Crippen LogP contribution in [0.15, 0.2) is 11.6 Å². The van der Waals surface area contributed by atoms with Crippen LogP contribution >= 0.6 is 0 Å². The van der Waals surface area contributed by atoms with Crippen molar-refractivity contribution in [2.45, 2.75) is 130 Å². The van der Waals surface area contributed by atoms with E-state index in [1.165, 1.54) is 103 Å². The first-order valence-electron chi connectivity index (χ1n) is 11.5. The highest BCUT2D eigenvalue weighted by molar-refractivity contribution is 5.85. The minimum absolute atomic E-state index is 0.387. The van der Waals surface area contributed by atoms with Crippen LogP contribution in [0.1, 0.15) is 130 Å². The second-order valence-electron chi connectivity index (χ2n) is 8.22. The molecular formula is C24H46O2. The monoisotopic (exact) mass is 366 g/mol. The summed E-state index contributed by atoms with van der Waals surface area (Å²) >= 11 is 0. The summed E-state index contributed by atoms with van der Waals surface area (Å²) in [5, 5.41) is 8.88. The molecule has 0 aliphatic carbocycles. The second kappa shape index (κ2) is 19.0. The van der Waals surface area contributed by atoms with E-state index in [0.29, 0.717) is 11.5 Å². The molecule has 0 saturated heterocycles. The third-order valence-corrected chi connectivity index (χ3v) is 5.38. The average Bonchev–Trinajstić information content (AvgIpc) is 2.61. The third-order valence-electron chi connectivity index (χ3n) is 5.38. The van der Waals surface area contributed by atoms with Crippen molar-refractivity contribution in [3.8, 4) is 0 Å². The Balaban J connectivity index is 3.22. The van der Waals surface area contributed by atoms with E-state index in [1.54, 1.807) is 6.92 Å². The largest absolute Gasteiger partial charge is 0.478 e. The van der Waals surface area contributed by atoms with Crippen LogP contribution in [0.3, 0.4) is 0 Å². The van der Waals surface area contributed by atoms with Gasteiger partial charge >= 0.3 is 5.97 Å². The van der Waals surface area contributed by atoms with Crippen molar-refractivity contribution in [1.82, 2.24) is 0 Å². The average molecular weight is 367 g/mol. The minimum Gasteiger partial charge on any atom is -0.478 e. The van der Waals surface area contributed by atoms with Gasteiger partial charge in [-0.05, 0) is 19.3 Å². The number of unbranched alkanes of at least 4 members (excludes halogenated alkanes) is 15. The zero-order chi connectivity index (χ0) is 19.5. The molecule has 0 heterocycles. The van der Waals surface area contributed by atoms with Crippen molar-refractivity contribution in [1.29, 1.82) is 0 Å². The highest BCUT2D eigenvalue weighted by atomic mass is 16.4. The lowest BCUT2D eigenvalue weighted by Gasteiger charge is -2.07. The maximum Gasteiger partial charge on any atom is 0.330 e. The second-order valence-corrected chi connectivity index (χ2v) is 8.22. The smallest absolute Gasteiger partial charge is 0.330 e. The van der Waals surface area contributed by atoms with E-state index in [1.807, 2.05) is 6.08 Å². The standard InChI is InChI=1S/C24H46O2/c1-4-5-6-7-8-9-10-11-12-13-14-15-16-17-18-19-20-22(2)21-23(3)24(25)26/h21-22H,4-20H2,1-3H3,(H,25,26)/b23-21+/t22-/m1/s1. The van der Waals surface area contributed by atoms with Crippen LogP contribution in [0.25, 0.3) is 0 Å². The first-order chi connectivity index (χ1) is 12.6. The summed E-state index contributed by atoms with van der Waals surface area (Å²) < 4.78 is 0. The summed E-state index contributed by atoms with van der Waals surface area (Å²) in [5.74, 6) is -0.401. The predicted octanol–water partition coefficient (Wildman–Crippen LogP) is 8.31. The topological polar surface area (TPSA) is 37.3 Å². The highest BCUT2D eigenvalue weighted by Gasteiger charge is 2.04. The Morgan fingerprint density at radius 3 is 1.42 bits per heavy atom. The van der Waals surface area contributed by atoms with Gasteiger partial charge in [-0.3, -0.25) is 0 Å². The van der Waals surface area contributed by atoms with Gasteiger partial charge in [0.1, 0.15) is 0 Å². The fourth-order valence-electron chi connectivity index (χ4n) is 3.60. The van der Waals surface area contributed by atoms with Crippen molar-refractivity contribution < 1.29 is 9.90 Å². The van der Waals surface area contributed by atoms with Crippen LogP contribution in [0, 0.1) is 5.92 Å². The zero-order valence-corrected chi connectivity index (χ0v) is 18.0. The van der Waals surface area contributed by atoms with E-state index in [-0.39, 0.29) is 0 Å². The molecule has 2 nitrogen and oxygen atoms in total. The quantitative estimate of drug-likeness (QED) is 0.184. The molecule has 26 heavy (non-hydrogen) atoms. The number of rotatable bonds is 19. The van der Waals surface area contributed by atoms with E-state index in [2.05, 4.69) is 13.8 Å². The molecule has 0 saturated carbocycles. The summed E-state index contributed by atoms with van der Waals surface area (Å²) in [6.45, 7) is 6.09. The molecule has 0 aliphatic heterocycles. The van der Waals surface area contributed by atoms with E-state index in [4.69, 9.17) is 5.11 Å². The summed E-state index contributed by atoms with van der Waals surface area (Å²) in [6.07, 6.45) is 25.3. The van der Waals surface area contributed by atoms with E-state index in [0.717, 1.165) is 6.42 Å². The van der Waals surface area contributed by atoms with Crippen LogP contribution in [0.2, 0.25) is 0 Å². The molecule has 1 atom stereocenters. The number of carboxylic acids is 1. The Kier molecular flexibility index (Phi) is 18.4. The lowest BCUT2D eigenvalue weighted by molar-refractivity contribution is -0.132. The van der Waals surface area contributed by atoms with Gasteiger partial charge in [-0.25, -0.2) is 4.79 Å². The van der Waals surface area contributed by atoms with Gasteiger partial charge in [-0.15, -0.1) is 0 Å². The molecule has 0 spiro atoms. The van der Waals surface area contributed by atoms with Gasteiger partial charge in [-0.2, -0.15) is 0 Å².